The third-order valence-electron chi connectivity index (χ3n) is 4.82. The maximum atomic E-state index is 10.7. The van der Waals surface area contributed by atoms with E-state index in [1.54, 1.807) is 24.3 Å². The van der Waals surface area contributed by atoms with Crippen LogP contribution in [0, 0.1) is 0 Å². The molecule has 5 heteroatoms. The van der Waals surface area contributed by atoms with Gasteiger partial charge in [0.2, 0.25) is 0 Å². The lowest BCUT2D eigenvalue weighted by molar-refractivity contribution is 0.392. The third kappa shape index (κ3) is 5.42. The summed E-state index contributed by atoms with van der Waals surface area (Å²) in [5.74, 6) is -0.296. The molecule has 0 saturated carbocycles. The van der Waals surface area contributed by atoms with Crippen LogP contribution in [0.5, 0.6) is 17.2 Å². The summed E-state index contributed by atoms with van der Waals surface area (Å²) in [6, 6.07) is 15.0. The maximum Gasteiger partial charge on any atom is 0.172 e. The summed E-state index contributed by atoms with van der Waals surface area (Å²) in [5.41, 5.74) is 2.97. The Labute approximate surface area is 197 Å². The van der Waals surface area contributed by atoms with Gasteiger partial charge in [0.1, 0.15) is 5.75 Å². The van der Waals surface area contributed by atoms with Gasteiger partial charge in [0.15, 0.2) is 11.5 Å². The van der Waals surface area contributed by atoms with Crippen LogP contribution in [0.3, 0.4) is 0 Å². The van der Waals surface area contributed by atoms with E-state index in [2.05, 4.69) is 25.8 Å². The Morgan fingerprint density at radius 1 is 0.688 bits per heavy atom. The van der Waals surface area contributed by atoms with E-state index in [0.29, 0.717) is 22.6 Å². The lowest BCUT2D eigenvalue weighted by Crippen LogP contribution is -1.94. The van der Waals surface area contributed by atoms with E-state index in [1.165, 1.54) is 23.5 Å². The molecular weight excluding hydrogens is 436 g/mol. The summed E-state index contributed by atoms with van der Waals surface area (Å²) in [7, 11) is 0. The lowest BCUT2D eigenvalue weighted by atomic mass is 10.1. The normalized spacial score (nSPS) is 10.6. The van der Waals surface area contributed by atoms with Crippen LogP contribution >= 0.6 is 23.5 Å². The standard InChI is InChI=1S/C27H26O3S2/c1-4-9-18-14-15-21(28)25(16-18)32-27-20(11-6-3)24(17-22(29)26(27)30)31-23-13-8-7-12-19(23)10-5-2/h4-8,12-17,28-30H,1-3,9-11H2. The second kappa shape index (κ2) is 11.0. The van der Waals surface area contributed by atoms with E-state index in [1.807, 2.05) is 36.4 Å². The first-order valence-corrected chi connectivity index (χ1v) is 11.8. The molecule has 0 unspecified atom stereocenters. The van der Waals surface area contributed by atoms with Crippen LogP contribution in [0.1, 0.15) is 16.7 Å². The second-order valence-electron chi connectivity index (χ2n) is 7.14. The fraction of sp³-hybridized carbons (Fsp3) is 0.111. The molecule has 0 saturated heterocycles. The average Bonchev–Trinajstić information content (AvgIpc) is 2.78. The SMILES string of the molecule is C=CCc1ccc(O)c(Sc2c(O)c(O)cc(Sc3ccccc3CC=C)c2CC=C)c1. The first-order valence-electron chi connectivity index (χ1n) is 10.1. The van der Waals surface area contributed by atoms with Crippen molar-refractivity contribution < 1.29 is 15.3 Å². The maximum absolute atomic E-state index is 10.7. The molecule has 164 valence electrons. The fourth-order valence-corrected chi connectivity index (χ4v) is 5.61. The molecular formula is C27H26O3S2. The van der Waals surface area contributed by atoms with Gasteiger partial charge < -0.3 is 15.3 Å². The van der Waals surface area contributed by atoms with Gasteiger partial charge in [-0.3, -0.25) is 0 Å². The molecule has 0 aliphatic heterocycles. The predicted octanol–water partition coefficient (Wildman–Crippen LogP) is 7.29. The van der Waals surface area contributed by atoms with E-state index in [0.717, 1.165) is 32.9 Å². The molecule has 0 aliphatic rings. The smallest absolute Gasteiger partial charge is 0.172 e. The molecule has 0 radical (unpaired) electrons. The van der Waals surface area contributed by atoms with Crippen molar-refractivity contribution in [3.05, 3.63) is 103 Å². The van der Waals surface area contributed by atoms with Crippen molar-refractivity contribution in [3.8, 4) is 17.2 Å². The van der Waals surface area contributed by atoms with Gasteiger partial charge in [0.05, 0.1) is 9.79 Å². The van der Waals surface area contributed by atoms with E-state index in [-0.39, 0.29) is 17.2 Å². The number of phenolic OH excluding ortho intramolecular Hbond substituents is 3. The molecule has 0 spiro atoms. The number of hydrogen-bond acceptors (Lipinski definition) is 5. The van der Waals surface area contributed by atoms with Gasteiger partial charge >= 0.3 is 0 Å². The zero-order valence-electron chi connectivity index (χ0n) is 17.8. The average molecular weight is 463 g/mol. The molecule has 0 fully saturated rings. The van der Waals surface area contributed by atoms with Gasteiger partial charge in [0, 0.05) is 9.79 Å². The molecule has 32 heavy (non-hydrogen) atoms. The van der Waals surface area contributed by atoms with Crippen molar-refractivity contribution in [2.75, 3.05) is 0 Å². The lowest BCUT2D eigenvalue weighted by Gasteiger charge is -2.18. The second-order valence-corrected chi connectivity index (χ2v) is 9.28. The molecule has 0 amide bonds. The van der Waals surface area contributed by atoms with Gasteiger partial charge in [-0.05, 0) is 60.2 Å². The summed E-state index contributed by atoms with van der Waals surface area (Å²) in [4.78, 5) is 2.97. The van der Waals surface area contributed by atoms with Crippen molar-refractivity contribution in [3.63, 3.8) is 0 Å². The van der Waals surface area contributed by atoms with Crippen LogP contribution in [0.15, 0.2) is 106 Å². The Morgan fingerprint density at radius 2 is 1.41 bits per heavy atom. The molecule has 0 atom stereocenters. The molecule has 3 aromatic carbocycles. The van der Waals surface area contributed by atoms with Gasteiger partial charge in [0.25, 0.3) is 0 Å². The monoisotopic (exact) mass is 462 g/mol. The Bertz CT molecular complexity index is 1150. The van der Waals surface area contributed by atoms with Crippen LogP contribution in [0.4, 0.5) is 0 Å². The highest BCUT2D eigenvalue weighted by molar-refractivity contribution is 8.00. The number of rotatable bonds is 10. The Hall–Kier alpha value is -3.02. The molecule has 0 heterocycles. The highest BCUT2D eigenvalue weighted by atomic mass is 32.2. The number of benzene rings is 3. The minimum absolute atomic E-state index is 0.112. The summed E-state index contributed by atoms with van der Waals surface area (Å²) in [6.45, 7) is 11.5. The molecule has 0 bridgehead atoms. The molecule has 0 aliphatic carbocycles. The van der Waals surface area contributed by atoms with Gasteiger partial charge in [-0.2, -0.15) is 0 Å². The van der Waals surface area contributed by atoms with Gasteiger partial charge in [-0.1, -0.05) is 66.0 Å². The summed E-state index contributed by atoms with van der Waals surface area (Å²) < 4.78 is 0. The van der Waals surface area contributed by atoms with E-state index in [9.17, 15) is 15.3 Å². The first kappa shape index (κ1) is 23.6. The molecule has 3 N–H and O–H groups in total. The van der Waals surface area contributed by atoms with Crippen molar-refractivity contribution in [1.82, 2.24) is 0 Å². The highest BCUT2D eigenvalue weighted by Gasteiger charge is 2.20. The summed E-state index contributed by atoms with van der Waals surface area (Å²) in [6.07, 6.45) is 7.32. The molecule has 3 rings (SSSR count). The van der Waals surface area contributed by atoms with E-state index in [4.69, 9.17) is 0 Å². The summed E-state index contributed by atoms with van der Waals surface area (Å²) >= 11 is 2.76. The molecule has 3 aromatic rings. The molecule has 0 aromatic heterocycles. The Balaban J connectivity index is 2.10. The third-order valence-corrected chi connectivity index (χ3v) is 7.21. The minimum atomic E-state index is -0.205. The van der Waals surface area contributed by atoms with Crippen LogP contribution in [0.25, 0.3) is 0 Å². The van der Waals surface area contributed by atoms with Crippen molar-refractivity contribution in [2.24, 2.45) is 0 Å². The summed E-state index contributed by atoms with van der Waals surface area (Å²) in [5, 5.41) is 31.7. The number of hydrogen-bond donors (Lipinski definition) is 3. The number of phenols is 3. The predicted molar refractivity (Wildman–Crippen MR) is 134 cm³/mol. The van der Waals surface area contributed by atoms with Crippen LogP contribution < -0.4 is 0 Å². The van der Waals surface area contributed by atoms with E-state index < -0.39 is 0 Å². The number of aromatic hydroxyl groups is 3. The highest BCUT2D eigenvalue weighted by Crippen LogP contribution is 2.49. The zero-order chi connectivity index (χ0) is 23.1. The van der Waals surface area contributed by atoms with Crippen LogP contribution in [0.2, 0.25) is 0 Å². The van der Waals surface area contributed by atoms with Crippen molar-refractivity contribution in [1.29, 1.82) is 0 Å². The van der Waals surface area contributed by atoms with Crippen molar-refractivity contribution in [2.45, 2.75) is 38.8 Å². The van der Waals surface area contributed by atoms with Crippen molar-refractivity contribution >= 4 is 23.5 Å². The molecule has 3 nitrogen and oxygen atoms in total. The first-order chi connectivity index (χ1) is 15.5. The Morgan fingerprint density at radius 3 is 2.12 bits per heavy atom. The van der Waals surface area contributed by atoms with Gasteiger partial charge in [-0.25, -0.2) is 0 Å². The number of allylic oxidation sites excluding steroid dienone is 3. The quantitative estimate of drug-likeness (QED) is 0.218. The Kier molecular flexibility index (Phi) is 8.14. The van der Waals surface area contributed by atoms with Crippen LogP contribution in [-0.2, 0) is 19.3 Å². The topological polar surface area (TPSA) is 60.7 Å². The fourth-order valence-electron chi connectivity index (χ4n) is 3.28. The zero-order valence-corrected chi connectivity index (χ0v) is 19.4. The minimum Gasteiger partial charge on any atom is -0.507 e. The van der Waals surface area contributed by atoms with Crippen LogP contribution in [-0.4, -0.2) is 15.3 Å². The van der Waals surface area contributed by atoms with E-state index >= 15 is 0 Å². The largest absolute Gasteiger partial charge is 0.507 e. The van der Waals surface area contributed by atoms with Gasteiger partial charge in [-0.15, -0.1) is 19.7 Å².